The first-order valence-corrected chi connectivity index (χ1v) is 7.04. The van der Waals surface area contributed by atoms with Crippen molar-refractivity contribution in [3.8, 4) is 0 Å². The van der Waals surface area contributed by atoms with Gasteiger partial charge in [-0.25, -0.2) is 4.79 Å². The van der Waals surface area contributed by atoms with E-state index < -0.39 is 11.6 Å². The summed E-state index contributed by atoms with van der Waals surface area (Å²) in [6, 6.07) is 5.02. The first-order chi connectivity index (χ1) is 9.24. The summed E-state index contributed by atoms with van der Waals surface area (Å²) in [6.07, 6.45) is 0. The SMILES string of the molecule is COC(=O)c1cccc(SCC(=O)OC(C)(C)C)c1N. The third kappa shape index (κ3) is 4.77. The summed E-state index contributed by atoms with van der Waals surface area (Å²) in [6.45, 7) is 5.42. The van der Waals surface area contributed by atoms with Crippen LogP contribution in [-0.4, -0.2) is 30.4 Å². The number of anilines is 1. The van der Waals surface area contributed by atoms with Gasteiger partial charge < -0.3 is 15.2 Å². The molecule has 20 heavy (non-hydrogen) atoms. The Morgan fingerprint density at radius 2 is 1.95 bits per heavy atom. The number of thioether (sulfide) groups is 1. The largest absolute Gasteiger partial charge is 0.465 e. The van der Waals surface area contributed by atoms with Crippen LogP contribution >= 0.6 is 11.8 Å². The molecule has 0 atom stereocenters. The molecule has 0 saturated heterocycles. The molecule has 0 fully saturated rings. The van der Waals surface area contributed by atoms with E-state index in [0.717, 1.165) is 0 Å². The summed E-state index contributed by atoms with van der Waals surface area (Å²) >= 11 is 1.23. The van der Waals surface area contributed by atoms with E-state index in [2.05, 4.69) is 4.74 Å². The highest BCUT2D eigenvalue weighted by molar-refractivity contribution is 8.00. The highest BCUT2D eigenvalue weighted by Gasteiger charge is 2.18. The molecule has 1 rings (SSSR count). The van der Waals surface area contributed by atoms with Gasteiger partial charge in [0.1, 0.15) is 5.60 Å². The van der Waals surface area contributed by atoms with Gasteiger partial charge in [0, 0.05) is 4.90 Å². The molecular weight excluding hydrogens is 278 g/mol. The fourth-order valence-corrected chi connectivity index (χ4v) is 2.24. The van der Waals surface area contributed by atoms with Crippen LogP contribution in [0, 0.1) is 0 Å². The lowest BCUT2D eigenvalue weighted by Gasteiger charge is -2.19. The lowest BCUT2D eigenvalue weighted by Crippen LogP contribution is -2.24. The topological polar surface area (TPSA) is 78.6 Å². The molecule has 1 aromatic rings. The van der Waals surface area contributed by atoms with Gasteiger partial charge in [0.05, 0.1) is 24.1 Å². The average Bonchev–Trinajstić information content (AvgIpc) is 2.34. The second kappa shape index (κ2) is 6.65. The van der Waals surface area contributed by atoms with E-state index in [9.17, 15) is 9.59 Å². The van der Waals surface area contributed by atoms with Gasteiger partial charge in [-0.1, -0.05) is 6.07 Å². The lowest BCUT2D eigenvalue weighted by molar-refractivity contribution is -0.151. The lowest BCUT2D eigenvalue weighted by atomic mass is 10.2. The maximum absolute atomic E-state index is 11.6. The van der Waals surface area contributed by atoms with Crippen molar-refractivity contribution in [1.29, 1.82) is 0 Å². The van der Waals surface area contributed by atoms with E-state index in [0.29, 0.717) is 16.1 Å². The standard InChI is InChI=1S/C14H19NO4S/c1-14(2,3)19-11(16)8-20-10-7-5-6-9(12(10)15)13(17)18-4/h5-7H,8,15H2,1-4H3. The number of ether oxygens (including phenoxy) is 2. The highest BCUT2D eigenvalue weighted by atomic mass is 32.2. The summed E-state index contributed by atoms with van der Waals surface area (Å²) in [5.74, 6) is -0.695. The predicted octanol–water partition coefficient (Wildman–Crippen LogP) is 2.49. The molecule has 5 nitrogen and oxygen atoms in total. The number of rotatable bonds is 4. The van der Waals surface area contributed by atoms with Crippen molar-refractivity contribution in [2.75, 3.05) is 18.6 Å². The Labute approximate surface area is 122 Å². The van der Waals surface area contributed by atoms with Gasteiger partial charge in [-0.2, -0.15) is 0 Å². The molecule has 6 heteroatoms. The molecule has 0 saturated carbocycles. The number of nitrogen functional groups attached to an aromatic ring is 1. The van der Waals surface area contributed by atoms with E-state index in [1.165, 1.54) is 18.9 Å². The molecule has 0 spiro atoms. The van der Waals surface area contributed by atoms with Crippen LogP contribution in [0.2, 0.25) is 0 Å². The second-order valence-electron chi connectivity index (χ2n) is 5.08. The van der Waals surface area contributed by atoms with E-state index in [1.54, 1.807) is 18.2 Å². The van der Waals surface area contributed by atoms with Crippen LogP contribution in [0.1, 0.15) is 31.1 Å². The number of para-hydroxylation sites is 1. The smallest absolute Gasteiger partial charge is 0.339 e. The molecule has 0 bridgehead atoms. The van der Waals surface area contributed by atoms with Gasteiger partial charge in [-0.05, 0) is 32.9 Å². The minimum absolute atomic E-state index is 0.131. The number of benzene rings is 1. The third-order valence-corrected chi connectivity index (χ3v) is 3.28. The van der Waals surface area contributed by atoms with Crippen LogP contribution in [0.4, 0.5) is 5.69 Å². The van der Waals surface area contributed by atoms with Crippen molar-refractivity contribution in [3.63, 3.8) is 0 Å². The van der Waals surface area contributed by atoms with E-state index >= 15 is 0 Å². The zero-order valence-electron chi connectivity index (χ0n) is 12.1. The minimum Gasteiger partial charge on any atom is -0.465 e. The fourth-order valence-electron chi connectivity index (χ4n) is 1.47. The molecule has 0 radical (unpaired) electrons. The van der Waals surface area contributed by atoms with Crippen LogP contribution in [0.5, 0.6) is 0 Å². The van der Waals surface area contributed by atoms with Crippen LogP contribution < -0.4 is 5.73 Å². The van der Waals surface area contributed by atoms with Crippen molar-refractivity contribution in [3.05, 3.63) is 23.8 Å². The second-order valence-corrected chi connectivity index (χ2v) is 6.10. The Kier molecular flexibility index (Phi) is 5.44. The van der Waals surface area contributed by atoms with Gasteiger partial charge in [-0.15, -0.1) is 11.8 Å². The Morgan fingerprint density at radius 1 is 1.30 bits per heavy atom. The molecule has 0 amide bonds. The normalized spacial score (nSPS) is 11.0. The van der Waals surface area contributed by atoms with E-state index in [-0.39, 0.29) is 11.7 Å². The fraction of sp³-hybridized carbons (Fsp3) is 0.429. The molecule has 1 aromatic carbocycles. The zero-order valence-corrected chi connectivity index (χ0v) is 12.9. The highest BCUT2D eigenvalue weighted by Crippen LogP contribution is 2.28. The number of nitrogens with two attached hydrogens (primary N) is 1. The molecule has 110 valence electrons. The predicted molar refractivity (Wildman–Crippen MR) is 78.8 cm³/mol. The molecule has 0 aromatic heterocycles. The van der Waals surface area contributed by atoms with Crippen molar-refractivity contribution in [1.82, 2.24) is 0 Å². The summed E-state index contributed by atoms with van der Waals surface area (Å²) in [7, 11) is 1.29. The summed E-state index contributed by atoms with van der Waals surface area (Å²) in [5.41, 5.74) is 5.99. The van der Waals surface area contributed by atoms with Crippen LogP contribution in [0.3, 0.4) is 0 Å². The van der Waals surface area contributed by atoms with Crippen molar-refractivity contribution in [2.45, 2.75) is 31.3 Å². The summed E-state index contributed by atoms with van der Waals surface area (Å²) < 4.78 is 9.85. The van der Waals surface area contributed by atoms with Crippen LogP contribution in [0.25, 0.3) is 0 Å². The van der Waals surface area contributed by atoms with Gasteiger partial charge in [0.25, 0.3) is 0 Å². The van der Waals surface area contributed by atoms with Gasteiger partial charge >= 0.3 is 11.9 Å². The van der Waals surface area contributed by atoms with E-state index in [1.807, 2.05) is 20.8 Å². The van der Waals surface area contributed by atoms with Gasteiger partial charge in [0.2, 0.25) is 0 Å². The van der Waals surface area contributed by atoms with Crippen LogP contribution in [0.15, 0.2) is 23.1 Å². The molecule has 0 heterocycles. The van der Waals surface area contributed by atoms with Crippen molar-refractivity contribution < 1.29 is 19.1 Å². The average molecular weight is 297 g/mol. The molecule has 0 aliphatic carbocycles. The number of carbonyl (C=O) groups excluding carboxylic acids is 2. The number of hydrogen-bond donors (Lipinski definition) is 1. The monoisotopic (exact) mass is 297 g/mol. The summed E-state index contributed by atoms with van der Waals surface area (Å²) in [4.78, 5) is 23.8. The molecule has 0 aliphatic heterocycles. The minimum atomic E-state index is -0.517. The number of carbonyl (C=O) groups is 2. The first kappa shape index (κ1) is 16.4. The Bertz CT molecular complexity index is 508. The van der Waals surface area contributed by atoms with Crippen molar-refractivity contribution >= 4 is 29.4 Å². The van der Waals surface area contributed by atoms with Crippen LogP contribution in [-0.2, 0) is 14.3 Å². The first-order valence-electron chi connectivity index (χ1n) is 6.06. The Hall–Kier alpha value is -1.69. The van der Waals surface area contributed by atoms with Crippen molar-refractivity contribution in [2.24, 2.45) is 0 Å². The number of methoxy groups -OCH3 is 1. The molecule has 0 aliphatic rings. The molecular formula is C14H19NO4S. The van der Waals surface area contributed by atoms with Gasteiger partial charge in [-0.3, -0.25) is 4.79 Å². The Morgan fingerprint density at radius 3 is 2.50 bits per heavy atom. The van der Waals surface area contributed by atoms with Gasteiger partial charge in [0.15, 0.2) is 0 Å². The quantitative estimate of drug-likeness (QED) is 0.522. The third-order valence-electron chi connectivity index (χ3n) is 2.24. The maximum atomic E-state index is 11.6. The number of esters is 2. The zero-order chi connectivity index (χ0) is 15.3. The maximum Gasteiger partial charge on any atom is 0.339 e. The molecule has 0 unspecified atom stereocenters. The molecule has 2 N–H and O–H groups in total. The Balaban J connectivity index is 2.74. The summed E-state index contributed by atoms with van der Waals surface area (Å²) in [5, 5.41) is 0. The van der Waals surface area contributed by atoms with E-state index in [4.69, 9.17) is 10.5 Å². The number of hydrogen-bond acceptors (Lipinski definition) is 6.